The van der Waals surface area contributed by atoms with Crippen LogP contribution in [0.3, 0.4) is 0 Å². The SMILES string of the molecule is O=C1/C(=C/c2ccccn2)Oc2cc(O)ccc21. The first kappa shape index (κ1) is 10.5. The number of Topliss-reactive ketones (excluding diaryl/α,β-unsaturated/α-hetero) is 1. The summed E-state index contributed by atoms with van der Waals surface area (Å²) >= 11 is 0. The number of fused-ring (bicyclic) bond motifs is 1. The summed E-state index contributed by atoms with van der Waals surface area (Å²) in [7, 11) is 0. The Labute approximate surface area is 103 Å². The van der Waals surface area contributed by atoms with E-state index in [2.05, 4.69) is 4.98 Å². The number of ketones is 1. The highest BCUT2D eigenvalue weighted by atomic mass is 16.5. The zero-order valence-electron chi connectivity index (χ0n) is 9.33. The normalized spacial score (nSPS) is 15.6. The highest BCUT2D eigenvalue weighted by molar-refractivity contribution is 6.14. The van der Waals surface area contributed by atoms with Crippen molar-refractivity contribution in [2.24, 2.45) is 0 Å². The van der Waals surface area contributed by atoms with Crippen LogP contribution in [-0.2, 0) is 0 Å². The van der Waals surface area contributed by atoms with Crippen molar-refractivity contribution in [2.45, 2.75) is 0 Å². The molecule has 1 aromatic heterocycles. The molecule has 0 saturated carbocycles. The number of hydrogen-bond acceptors (Lipinski definition) is 4. The minimum Gasteiger partial charge on any atom is -0.508 e. The van der Waals surface area contributed by atoms with Crippen LogP contribution in [0.4, 0.5) is 0 Å². The number of pyridine rings is 1. The predicted molar refractivity (Wildman–Crippen MR) is 65.3 cm³/mol. The monoisotopic (exact) mass is 239 g/mol. The smallest absolute Gasteiger partial charge is 0.232 e. The van der Waals surface area contributed by atoms with Crippen molar-refractivity contribution in [3.8, 4) is 11.5 Å². The van der Waals surface area contributed by atoms with Gasteiger partial charge < -0.3 is 9.84 Å². The summed E-state index contributed by atoms with van der Waals surface area (Å²) in [5, 5.41) is 9.34. The van der Waals surface area contributed by atoms with E-state index in [1.54, 1.807) is 30.5 Å². The molecule has 0 atom stereocenters. The molecular formula is C14H9NO3. The summed E-state index contributed by atoms with van der Waals surface area (Å²) in [5.41, 5.74) is 1.10. The Morgan fingerprint density at radius 2 is 2.11 bits per heavy atom. The van der Waals surface area contributed by atoms with Gasteiger partial charge in [-0.15, -0.1) is 0 Å². The lowest BCUT2D eigenvalue weighted by molar-refractivity contribution is 0.101. The van der Waals surface area contributed by atoms with Crippen LogP contribution in [0.2, 0.25) is 0 Å². The van der Waals surface area contributed by atoms with Gasteiger partial charge in [0.2, 0.25) is 5.78 Å². The van der Waals surface area contributed by atoms with Crippen LogP contribution in [-0.4, -0.2) is 15.9 Å². The quantitative estimate of drug-likeness (QED) is 0.776. The minimum atomic E-state index is -0.198. The third-order valence-corrected chi connectivity index (χ3v) is 2.62. The van der Waals surface area contributed by atoms with Crippen molar-refractivity contribution in [2.75, 3.05) is 0 Å². The standard InChI is InChI=1S/C14H9NO3/c16-10-4-5-11-12(8-10)18-13(14(11)17)7-9-3-1-2-6-15-9/h1-8,16H/b13-7-. The minimum absolute atomic E-state index is 0.0700. The summed E-state index contributed by atoms with van der Waals surface area (Å²) in [6.45, 7) is 0. The molecule has 3 rings (SSSR count). The van der Waals surface area contributed by atoms with Gasteiger partial charge in [0, 0.05) is 18.3 Å². The number of aromatic hydroxyl groups is 1. The van der Waals surface area contributed by atoms with Crippen molar-refractivity contribution in [3.63, 3.8) is 0 Å². The zero-order valence-corrected chi connectivity index (χ0v) is 9.33. The van der Waals surface area contributed by atoms with E-state index in [-0.39, 0.29) is 17.3 Å². The third kappa shape index (κ3) is 1.73. The Hall–Kier alpha value is -2.62. The van der Waals surface area contributed by atoms with Gasteiger partial charge in [0.15, 0.2) is 5.76 Å². The maximum absolute atomic E-state index is 12.0. The van der Waals surface area contributed by atoms with Crippen LogP contribution in [0.15, 0.2) is 48.4 Å². The van der Waals surface area contributed by atoms with Gasteiger partial charge in [-0.2, -0.15) is 0 Å². The number of nitrogens with zero attached hydrogens (tertiary/aromatic N) is 1. The second kappa shape index (κ2) is 4.00. The van der Waals surface area contributed by atoms with Gasteiger partial charge in [-0.3, -0.25) is 9.78 Å². The summed E-state index contributed by atoms with van der Waals surface area (Å²) in [4.78, 5) is 16.1. The average Bonchev–Trinajstić information content (AvgIpc) is 2.67. The molecule has 1 aliphatic rings. The van der Waals surface area contributed by atoms with Gasteiger partial charge in [0.05, 0.1) is 11.3 Å². The number of ether oxygens (including phenoxy) is 1. The van der Waals surface area contributed by atoms with Crippen LogP contribution < -0.4 is 4.74 Å². The Morgan fingerprint density at radius 3 is 2.89 bits per heavy atom. The Bertz CT molecular complexity index is 647. The number of phenols is 1. The van der Waals surface area contributed by atoms with E-state index >= 15 is 0 Å². The van der Waals surface area contributed by atoms with E-state index in [9.17, 15) is 9.90 Å². The van der Waals surface area contributed by atoms with E-state index in [0.717, 1.165) is 0 Å². The lowest BCUT2D eigenvalue weighted by atomic mass is 10.1. The second-order valence-electron chi connectivity index (χ2n) is 3.87. The molecule has 0 aliphatic carbocycles. The Morgan fingerprint density at radius 1 is 1.22 bits per heavy atom. The highest BCUT2D eigenvalue weighted by Gasteiger charge is 2.27. The van der Waals surface area contributed by atoms with Crippen LogP contribution in [0, 0.1) is 0 Å². The largest absolute Gasteiger partial charge is 0.508 e. The molecule has 4 heteroatoms. The van der Waals surface area contributed by atoms with Crippen molar-refractivity contribution in [3.05, 3.63) is 59.6 Å². The number of allylic oxidation sites excluding steroid dienone is 1. The van der Waals surface area contributed by atoms with E-state index in [1.165, 1.54) is 12.1 Å². The van der Waals surface area contributed by atoms with Gasteiger partial charge in [0.1, 0.15) is 11.5 Å². The van der Waals surface area contributed by atoms with Crippen molar-refractivity contribution in [1.29, 1.82) is 0 Å². The molecule has 0 radical (unpaired) electrons. The number of rotatable bonds is 1. The molecule has 0 unspecified atom stereocenters. The molecule has 4 nitrogen and oxygen atoms in total. The fourth-order valence-electron chi connectivity index (χ4n) is 1.77. The molecule has 0 spiro atoms. The maximum Gasteiger partial charge on any atom is 0.232 e. The Kier molecular flexibility index (Phi) is 2.34. The molecule has 2 aromatic rings. The highest BCUT2D eigenvalue weighted by Crippen LogP contribution is 2.34. The fourth-order valence-corrected chi connectivity index (χ4v) is 1.77. The summed E-state index contributed by atoms with van der Waals surface area (Å²) in [6, 6.07) is 9.84. The van der Waals surface area contributed by atoms with Crippen molar-refractivity contribution >= 4 is 11.9 Å². The summed E-state index contributed by atoms with van der Waals surface area (Å²) in [5.74, 6) is 0.466. The van der Waals surface area contributed by atoms with Crippen LogP contribution in [0.5, 0.6) is 11.5 Å². The first-order chi connectivity index (χ1) is 8.74. The van der Waals surface area contributed by atoms with Crippen LogP contribution in [0.25, 0.3) is 6.08 Å². The predicted octanol–water partition coefficient (Wildman–Crippen LogP) is 2.40. The van der Waals surface area contributed by atoms with E-state index in [0.29, 0.717) is 17.0 Å². The summed E-state index contributed by atoms with van der Waals surface area (Å²) < 4.78 is 5.42. The second-order valence-corrected chi connectivity index (χ2v) is 3.87. The van der Waals surface area contributed by atoms with Gasteiger partial charge in [-0.1, -0.05) is 6.07 Å². The molecule has 18 heavy (non-hydrogen) atoms. The maximum atomic E-state index is 12.0. The number of hydrogen-bond donors (Lipinski definition) is 1. The van der Waals surface area contributed by atoms with Crippen LogP contribution in [0.1, 0.15) is 16.1 Å². The molecule has 2 heterocycles. The molecule has 0 amide bonds. The lowest BCUT2D eigenvalue weighted by Gasteiger charge is -1.98. The molecule has 1 aromatic carbocycles. The van der Waals surface area contributed by atoms with Gasteiger partial charge in [-0.05, 0) is 24.3 Å². The van der Waals surface area contributed by atoms with Crippen LogP contribution >= 0.6 is 0 Å². The lowest BCUT2D eigenvalue weighted by Crippen LogP contribution is -1.98. The molecule has 0 bridgehead atoms. The first-order valence-corrected chi connectivity index (χ1v) is 5.42. The number of carbonyl (C=O) groups excluding carboxylic acids is 1. The van der Waals surface area contributed by atoms with Gasteiger partial charge in [0.25, 0.3) is 0 Å². The molecular weight excluding hydrogens is 230 g/mol. The number of aromatic nitrogens is 1. The molecule has 1 N–H and O–H groups in total. The van der Waals surface area contributed by atoms with Crippen molar-refractivity contribution in [1.82, 2.24) is 4.98 Å². The van der Waals surface area contributed by atoms with Gasteiger partial charge in [-0.25, -0.2) is 0 Å². The van der Waals surface area contributed by atoms with Crippen molar-refractivity contribution < 1.29 is 14.6 Å². The van der Waals surface area contributed by atoms with E-state index < -0.39 is 0 Å². The number of phenolic OH excluding ortho intramolecular Hbond substituents is 1. The molecule has 0 fully saturated rings. The van der Waals surface area contributed by atoms with E-state index in [4.69, 9.17) is 4.74 Å². The zero-order chi connectivity index (χ0) is 12.5. The molecule has 88 valence electrons. The first-order valence-electron chi connectivity index (χ1n) is 5.42. The number of carbonyl (C=O) groups is 1. The van der Waals surface area contributed by atoms with Gasteiger partial charge >= 0.3 is 0 Å². The average molecular weight is 239 g/mol. The molecule has 0 saturated heterocycles. The topological polar surface area (TPSA) is 59.4 Å². The molecule has 1 aliphatic heterocycles. The Balaban J connectivity index is 2.00. The number of benzene rings is 1. The van der Waals surface area contributed by atoms with E-state index in [1.807, 2.05) is 6.07 Å². The summed E-state index contributed by atoms with van der Waals surface area (Å²) in [6.07, 6.45) is 3.23. The third-order valence-electron chi connectivity index (χ3n) is 2.62. The fraction of sp³-hybridized carbons (Fsp3) is 0.